The smallest absolute Gasteiger partial charge is 0.300 e. The number of carbonyl (C=O) groups excluding carboxylic acids is 2. The zero-order valence-corrected chi connectivity index (χ0v) is 22.9. The standard InChI is InChI=1S/C34H31NO5/c1-21(2)28-20-24(13-18-29(28)39-4)32(36)30-31(23-10-8-9-22(3)19-23)35(34(38)33(30)37)25-14-16-27(17-15-25)40-26-11-6-5-7-12-26/h5-21,31,36H,1-4H3/b32-30-. The molecule has 5 rings (SSSR count). The van der Waals surface area contributed by atoms with E-state index in [4.69, 9.17) is 9.47 Å². The van der Waals surface area contributed by atoms with E-state index in [1.165, 1.54) is 4.90 Å². The Morgan fingerprint density at radius 1 is 0.850 bits per heavy atom. The van der Waals surface area contributed by atoms with Gasteiger partial charge in [-0.3, -0.25) is 14.5 Å². The van der Waals surface area contributed by atoms with Gasteiger partial charge in [0.1, 0.15) is 23.0 Å². The molecular formula is C34H31NO5. The highest BCUT2D eigenvalue weighted by Gasteiger charge is 2.47. The molecule has 1 unspecified atom stereocenters. The average molecular weight is 534 g/mol. The van der Waals surface area contributed by atoms with Crippen LogP contribution in [-0.2, 0) is 9.59 Å². The van der Waals surface area contributed by atoms with Crippen LogP contribution < -0.4 is 14.4 Å². The Kier molecular flexibility index (Phi) is 7.43. The molecule has 1 heterocycles. The van der Waals surface area contributed by atoms with Gasteiger partial charge in [0.2, 0.25) is 0 Å². The molecule has 4 aromatic rings. The van der Waals surface area contributed by atoms with Crippen LogP contribution in [0.1, 0.15) is 48.1 Å². The Labute approximate surface area is 234 Å². The largest absolute Gasteiger partial charge is 0.507 e. The first-order chi connectivity index (χ1) is 19.3. The first-order valence-corrected chi connectivity index (χ1v) is 13.2. The van der Waals surface area contributed by atoms with Gasteiger partial charge in [-0.25, -0.2) is 0 Å². The van der Waals surface area contributed by atoms with Gasteiger partial charge in [-0.2, -0.15) is 0 Å². The number of hydrogen-bond donors (Lipinski definition) is 1. The van der Waals surface area contributed by atoms with Gasteiger partial charge in [0.25, 0.3) is 11.7 Å². The summed E-state index contributed by atoms with van der Waals surface area (Å²) >= 11 is 0. The van der Waals surface area contributed by atoms with Crippen molar-refractivity contribution in [2.75, 3.05) is 12.0 Å². The molecule has 0 bridgehead atoms. The fourth-order valence-electron chi connectivity index (χ4n) is 5.04. The highest BCUT2D eigenvalue weighted by atomic mass is 16.5. The molecule has 1 N–H and O–H groups in total. The Balaban J connectivity index is 1.61. The summed E-state index contributed by atoms with van der Waals surface area (Å²) in [7, 11) is 1.60. The van der Waals surface area contributed by atoms with E-state index < -0.39 is 17.7 Å². The molecular weight excluding hydrogens is 502 g/mol. The number of nitrogens with zero attached hydrogens (tertiary/aromatic N) is 1. The Morgan fingerprint density at radius 2 is 1.55 bits per heavy atom. The molecule has 202 valence electrons. The van der Waals surface area contributed by atoms with Crippen LogP contribution in [0.25, 0.3) is 5.76 Å². The number of aliphatic hydroxyl groups is 1. The van der Waals surface area contributed by atoms with Crippen LogP contribution in [0.2, 0.25) is 0 Å². The number of aliphatic hydroxyl groups excluding tert-OH is 1. The normalized spacial score (nSPS) is 16.4. The number of rotatable bonds is 7. The number of para-hydroxylation sites is 1. The fourth-order valence-corrected chi connectivity index (χ4v) is 5.04. The van der Waals surface area contributed by atoms with Crippen molar-refractivity contribution < 1.29 is 24.2 Å². The topological polar surface area (TPSA) is 76.1 Å². The van der Waals surface area contributed by atoms with E-state index >= 15 is 0 Å². The number of benzene rings is 4. The zero-order valence-electron chi connectivity index (χ0n) is 22.9. The highest BCUT2D eigenvalue weighted by Crippen LogP contribution is 2.43. The van der Waals surface area contributed by atoms with Crippen molar-refractivity contribution in [3.63, 3.8) is 0 Å². The first-order valence-electron chi connectivity index (χ1n) is 13.2. The Hall–Kier alpha value is -4.84. The van der Waals surface area contributed by atoms with Gasteiger partial charge in [-0.15, -0.1) is 0 Å². The number of Topliss-reactive ketones (excluding diaryl/α,β-unsaturated/α-hetero) is 1. The predicted octanol–water partition coefficient (Wildman–Crippen LogP) is 7.55. The average Bonchev–Trinajstić information content (AvgIpc) is 3.23. The van der Waals surface area contributed by atoms with Crippen molar-refractivity contribution in [2.24, 2.45) is 0 Å². The van der Waals surface area contributed by atoms with Crippen molar-refractivity contribution in [3.05, 3.63) is 125 Å². The van der Waals surface area contributed by atoms with Crippen LogP contribution in [0.4, 0.5) is 5.69 Å². The molecule has 1 aliphatic rings. The summed E-state index contributed by atoms with van der Waals surface area (Å²) in [6.07, 6.45) is 0. The lowest BCUT2D eigenvalue weighted by atomic mass is 9.92. The van der Waals surface area contributed by atoms with Gasteiger partial charge < -0.3 is 14.6 Å². The lowest BCUT2D eigenvalue weighted by molar-refractivity contribution is -0.132. The quantitative estimate of drug-likeness (QED) is 0.151. The number of aryl methyl sites for hydroxylation is 1. The van der Waals surface area contributed by atoms with Crippen molar-refractivity contribution in [1.29, 1.82) is 0 Å². The third-order valence-electron chi connectivity index (χ3n) is 7.02. The molecule has 0 saturated carbocycles. The highest BCUT2D eigenvalue weighted by molar-refractivity contribution is 6.51. The Morgan fingerprint density at radius 3 is 2.20 bits per heavy atom. The summed E-state index contributed by atoms with van der Waals surface area (Å²) in [5.41, 5.74) is 3.60. The molecule has 1 atom stereocenters. The molecule has 1 amide bonds. The monoisotopic (exact) mass is 533 g/mol. The maximum Gasteiger partial charge on any atom is 0.300 e. The molecule has 40 heavy (non-hydrogen) atoms. The molecule has 6 nitrogen and oxygen atoms in total. The fraction of sp³-hybridized carbons (Fsp3) is 0.176. The van der Waals surface area contributed by atoms with E-state index in [0.29, 0.717) is 28.5 Å². The van der Waals surface area contributed by atoms with Crippen molar-refractivity contribution in [1.82, 2.24) is 0 Å². The van der Waals surface area contributed by atoms with E-state index in [2.05, 4.69) is 0 Å². The zero-order chi connectivity index (χ0) is 28.4. The molecule has 0 aromatic heterocycles. The van der Waals surface area contributed by atoms with E-state index in [1.54, 1.807) is 43.5 Å². The summed E-state index contributed by atoms with van der Waals surface area (Å²) in [5, 5.41) is 11.6. The van der Waals surface area contributed by atoms with E-state index in [9.17, 15) is 14.7 Å². The lowest BCUT2D eigenvalue weighted by Crippen LogP contribution is -2.29. The van der Waals surface area contributed by atoms with Crippen LogP contribution >= 0.6 is 0 Å². The van der Waals surface area contributed by atoms with Gasteiger partial charge in [0, 0.05) is 11.3 Å². The molecule has 0 spiro atoms. The number of ketones is 1. The maximum absolute atomic E-state index is 13.6. The number of ether oxygens (including phenoxy) is 2. The lowest BCUT2D eigenvalue weighted by Gasteiger charge is -2.26. The number of amides is 1. The minimum atomic E-state index is -0.814. The van der Waals surface area contributed by atoms with Crippen LogP contribution in [0, 0.1) is 6.92 Å². The minimum Gasteiger partial charge on any atom is -0.507 e. The van der Waals surface area contributed by atoms with Gasteiger partial charge in [0.05, 0.1) is 18.7 Å². The van der Waals surface area contributed by atoms with Crippen LogP contribution in [0.15, 0.2) is 103 Å². The second-order valence-electron chi connectivity index (χ2n) is 10.1. The van der Waals surface area contributed by atoms with Crippen LogP contribution in [-0.4, -0.2) is 23.9 Å². The molecule has 4 aromatic carbocycles. The number of methoxy groups -OCH3 is 1. The summed E-state index contributed by atoms with van der Waals surface area (Å²) in [6.45, 7) is 6.00. The predicted molar refractivity (Wildman–Crippen MR) is 156 cm³/mol. The molecule has 1 aliphatic heterocycles. The summed E-state index contributed by atoms with van der Waals surface area (Å²) in [6, 6.07) is 28.5. The molecule has 1 saturated heterocycles. The number of anilines is 1. The van der Waals surface area contributed by atoms with Crippen molar-refractivity contribution in [2.45, 2.75) is 32.7 Å². The van der Waals surface area contributed by atoms with Gasteiger partial charge in [-0.05, 0) is 78.6 Å². The van der Waals surface area contributed by atoms with Crippen LogP contribution in [0.5, 0.6) is 17.2 Å². The molecule has 0 radical (unpaired) electrons. The maximum atomic E-state index is 13.6. The molecule has 6 heteroatoms. The third-order valence-corrected chi connectivity index (χ3v) is 7.02. The van der Waals surface area contributed by atoms with Gasteiger partial charge >= 0.3 is 0 Å². The summed E-state index contributed by atoms with van der Waals surface area (Å²) in [4.78, 5) is 28.6. The molecule has 0 aliphatic carbocycles. The van der Waals surface area contributed by atoms with Crippen molar-refractivity contribution in [3.8, 4) is 17.2 Å². The summed E-state index contributed by atoms with van der Waals surface area (Å²) < 4.78 is 11.4. The van der Waals surface area contributed by atoms with E-state index in [0.717, 1.165) is 16.7 Å². The second kappa shape index (κ2) is 11.1. The first kappa shape index (κ1) is 26.8. The van der Waals surface area contributed by atoms with Crippen LogP contribution in [0.3, 0.4) is 0 Å². The third kappa shape index (κ3) is 5.08. The summed E-state index contributed by atoms with van der Waals surface area (Å²) in [5.74, 6) is 0.432. The number of carbonyl (C=O) groups is 2. The van der Waals surface area contributed by atoms with Gasteiger partial charge in [-0.1, -0.05) is 61.9 Å². The van der Waals surface area contributed by atoms with E-state index in [1.807, 2.05) is 81.4 Å². The Bertz CT molecular complexity index is 1590. The second-order valence-corrected chi connectivity index (χ2v) is 10.1. The van der Waals surface area contributed by atoms with Gasteiger partial charge in [0.15, 0.2) is 0 Å². The SMILES string of the molecule is COc1ccc(/C(O)=C2/C(=O)C(=O)N(c3ccc(Oc4ccccc4)cc3)C2c2cccc(C)c2)cc1C(C)C. The molecule has 1 fully saturated rings. The van der Waals surface area contributed by atoms with E-state index in [-0.39, 0.29) is 17.3 Å². The van der Waals surface area contributed by atoms with Crippen molar-refractivity contribution >= 4 is 23.1 Å². The minimum absolute atomic E-state index is 0.0417. The number of hydrogen-bond acceptors (Lipinski definition) is 5.